The number of hydrogen-bond acceptors (Lipinski definition) is 3. The zero-order valence-electron chi connectivity index (χ0n) is 10.8. The van der Waals surface area contributed by atoms with Crippen LogP contribution in [0.25, 0.3) is 0 Å². The largest absolute Gasteiger partial charge is 0.457 e. The molecule has 2 rings (SSSR count). The van der Waals surface area contributed by atoms with E-state index < -0.39 is 5.97 Å². The summed E-state index contributed by atoms with van der Waals surface area (Å²) in [7, 11) is 0. The van der Waals surface area contributed by atoms with Gasteiger partial charge in [0.25, 0.3) is 0 Å². The minimum absolute atomic E-state index is 0.0869. The Morgan fingerprint density at radius 2 is 1.78 bits per heavy atom. The molecule has 0 aliphatic heterocycles. The highest BCUT2D eigenvalue weighted by Crippen LogP contribution is 2.24. The lowest BCUT2D eigenvalue weighted by Crippen LogP contribution is -2.11. The fourth-order valence-electron chi connectivity index (χ4n) is 1.58. The number of hydrogen-bond donors (Lipinski definition) is 0. The molecule has 0 aliphatic rings. The number of esters is 1. The molecule has 0 saturated carbocycles. The lowest BCUT2D eigenvalue weighted by molar-refractivity contribution is 0.0701. The summed E-state index contributed by atoms with van der Waals surface area (Å²) >= 11 is 0. The maximum atomic E-state index is 11.6. The van der Waals surface area contributed by atoms with Gasteiger partial charge in [-0.1, -0.05) is 32.9 Å². The third-order valence-corrected chi connectivity index (χ3v) is 2.65. The van der Waals surface area contributed by atoms with E-state index in [9.17, 15) is 4.79 Å². The second kappa shape index (κ2) is 4.69. The minimum Gasteiger partial charge on any atom is -0.457 e. The molecule has 0 fully saturated rings. The SMILES string of the molecule is CC(C)(C)c1ccc(OC(=O)c2ccco2)cc1. The van der Waals surface area contributed by atoms with E-state index in [1.165, 1.54) is 11.8 Å². The molecular formula is C15H16O3. The van der Waals surface area contributed by atoms with Gasteiger partial charge in [-0.05, 0) is 35.2 Å². The summed E-state index contributed by atoms with van der Waals surface area (Å²) in [6, 6.07) is 10.7. The van der Waals surface area contributed by atoms with Crippen molar-refractivity contribution in [3.63, 3.8) is 0 Å². The molecule has 2 aromatic rings. The lowest BCUT2D eigenvalue weighted by atomic mass is 9.87. The first kappa shape index (κ1) is 12.4. The molecular weight excluding hydrogens is 228 g/mol. The first-order valence-electron chi connectivity index (χ1n) is 5.83. The Bertz CT molecular complexity index is 516. The molecule has 3 heteroatoms. The van der Waals surface area contributed by atoms with Gasteiger partial charge in [-0.15, -0.1) is 0 Å². The molecule has 0 N–H and O–H groups in total. The van der Waals surface area contributed by atoms with E-state index in [4.69, 9.17) is 9.15 Å². The zero-order chi connectivity index (χ0) is 13.2. The summed E-state index contributed by atoms with van der Waals surface area (Å²) in [6.07, 6.45) is 1.44. The van der Waals surface area contributed by atoms with Gasteiger partial charge in [0.05, 0.1) is 6.26 Å². The highest BCUT2D eigenvalue weighted by atomic mass is 16.5. The molecule has 1 aromatic heterocycles. The maximum absolute atomic E-state index is 11.6. The molecule has 1 aromatic carbocycles. The number of carbonyl (C=O) groups excluding carboxylic acids is 1. The molecule has 18 heavy (non-hydrogen) atoms. The van der Waals surface area contributed by atoms with Crippen molar-refractivity contribution >= 4 is 5.97 Å². The normalized spacial score (nSPS) is 11.3. The average molecular weight is 244 g/mol. The van der Waals surface area contributed by atoms with Crippen molar-refractivity contribution in [1.29, 1.82) is 0 Å². The summed E-state index contributed by atoms with van der Waals surface area (Å²) in [6.45, 7) is 6.41. The summed E-state index contributed by atoms with van der Waals surface area (Å²) in [4.78, 5) is 11.6. The Kier molecular flexibility index (Phi) is 3.24. The van der Waals surface area contributed by atoms with Crippen molar-refractivity contribution in [3.05, 3.63) is 54.0 Å². The molecule has 0 spiro atoms. The van der Waals surface area contributed by atoms with E-state index in [-0.39, 0.29) is 11.2 Å². The first-order valence-corrected chi connectivity index (χ1v) is 5.83. The highest BCUT2D eigenvalue weighted by Gasteiger charge is 2.15. The number of furan rings is 1. The lowest BCUT2D eigenvalue weighted by Gasteiger charge is -2.18. The summed E-state index contributed by atoms with van der Waals surface area (Å²) in [5.41, 5.74) is 1.28. The second-order valence-corrected chi connectivity index (χ2v) is 5.14. The van der Waals surface area contributed by atoms with Crippen molar-refractivity contribution in [2.24, 2.45) is 0 Å². The van der Waals surface area contributed by atoms with Crippen molar-refractivity contribution < 1.29 is 13.9 Å². The molecule has 0 aliphatic carbocycles. The Hall–Kier alpha value is -2.03. The van der Waals surface area contributed by atoms with Gasteiger partial charge in [0.15, 0.2) is 0 Å². The highest BCUT2D eigenvalue weighted by molar-refractivity contribution is 5.88. The van der Waals surface area contributed by atoms with Crippen LogP contribution < -0.4 is 4.74 Å². The van der Waals surface area contributed by atoms with Crippen LogP contribution in [0.15, 0.2) is 47.1 Å². The molecule has 3 nitrogen and oxygen atoms in total. The van der Waals surface area contributed by atoms with Crippen molar-refractivity contribution in [3.8, 4) is 5.75 Å². The van der Waals surface area contributed by atoms with Crippen LogP contribution in [0, 0.1) is 0 Å². The van der Waals surface area contributed by atoms with Gasteiger partial charge in [0.2, 0.25) is 5.76 Å². The van der Waals surface area contributed by atoms with E-state index in [2.05, 4.69) is 20.8 Å². The Morgan fingerprint density at radius 1 is 1.11 bits per heavy atom. The van der Waals surface area contributed by atoms with Crippen molar-refractivity contribution in [1.82, 2.24) is 0 Å². The Morgan fingerprint density at radius 3 is 2.28 bits per heavy atom. The zero-order valence-corrected chi connectivity index (χ0v) is 10.8. The van der Waals surface area contributed by atoms with E-state index in [1.54, 1.807) is 24.3 Å². The molecule has 0 saturated heterocycles. The van der Waals surface area contributed by atoms with Crippen LogP contribution in [0.5, 0.6) is 5.75 Å². The Balaban J connectivity index is 2.09. The van der Waals surface area contributed by atoms with E-state index in [0.29, 0.717) is 5.75 Å². The quantitative estimate of drug-likeness (QED) is 0.596. The number of benzene rings is 1. The smallest absolute Gasteiger partial charge is 0.379 e. The molecule has 0 amide bonds. The topological polar surface area (TPSA) is 39.4 Å². The number of ether oxygens (including phenoxy) is 1. The van der Waals surface area contributed by atoms with Gasteiger partial charge < -0.3 is 9.15 Å². The van der Waals surface area contributed by atoms with Gasteiger partial charge in [-0.3, -0.25) is 0 Å². The second-order valence-electron chi connectivity index (χ2n) is 5.14. The van der Waals surface area contributed by atoms with Crippen LogP contribution in [-0.4, -0.2) is 5.97 Å². The third kappa shape index (κ3) is 2.80. The fraction of sp³-hybridized carbons (Fsp3) is 0.267. The third-order valence-electron chi connectivity index (χ3n) is 2.65. The fourth-order valence-corrected chi connectivity index (χ4v) is 1.58. The number of carbonyl (C=O) groups is 1. The monoisotopic (exact) mass is 244 g/mol. The summed E-state index contributed by atoms with van der Waals surface area (Å²) in [5.74, 6) is 0.239. The van der Waals surface area contributed by atoms with Crippen molar-refractivity contribution in [2.75, 3.05) is 0 Å². The maximum Gasteiger partial charge on any atom is 0.379 e. The van der Waals surface area contributed by atoms with Crippen LogP contribution in [0.3, 0.4) is 0 Å². The first-order chi connectivity index (χ1) is 8.47. The van der Waals surface area contributed by atoms with Crippen LogP contribution in [0.2, 0.25) is 0 Å². The minimum atomic E-state index is -0.483. The molecule has 0 bridgehead atoms. The predicted molar refractivity (Wildman–Crippen MR) is 68.8 cm³/mol. The van der Waals surface area contributed by atoms with Crippen LogP contribution in [0.4, 0.5) is 0 Å². The summed E-state index contributed by atoms with van der Waals surface area (Å²) < 4.78 is 10.2. The number of rotatable bonds is 2. The molecule has 0 atom stereocenters. The van der Waals surface area contributed by atoms with Crippen LogP contribution >= 0.6 is 0 Å². The Labute approximate surface area is 106 Å². The van der Waals surface area contributed by atoms with Gasteiger partial charge in [-0.25, -0.2) is 4.79 Å². The van der Waals surface area contributed by atoms with E-state index in [0.717, 1.165) is 0 Å². The van der Waals surface area contributed by atoms with Gasteiger partial charge in [0.1, 0.15) is 5.75 Å². The summed E-state index contributed by atoms with van der Waals surface area (Å²) in [5, 5.41) is 0. The van der Waals surface area contributed by atoms with Crippen LogP contribution in [-0.2, 0) is 5.41 Å². The van der Waals surface area contributed by atoms with Crippen molar-refractivity contribution in [2.45, 2.75) is 26.2 Å². The van der Waals surface area contributed by atoms with Crippen LogP contribution in [0.1, 0.15) is 36.9 Å². The molecule has 0 unspecified atom stereocenters. The van der Waals surface area contributed by atoms with Gasteiger partial charge in [-0.2, -0.15) is 0 Å². The average Bonchev–Trinajstić information content (AvgIpc) is 2.82. The molecule has 1 heterocycles. The molecule has 94 valence electrons. The molecule has 0 radical (unpaired) electrons. The van der Waals surface area contributed by atoms with Gasteiger partial charge in [0, 0.05) is 0 Å². The van der Waals surface area contributed by atoms with E-state index >= 15 is 0 Å². The predicted octanol–water partition coefficient (Wildman–Crippen LogP) is 3.80. The van der Waals surface area contributed by atoms with Gasteiger partial charge >= 0.3 is 5.97 Å². The standard InChI is InChI=1S/C15H16O3/c1-15(2,3)11-6-8-12(9-7-11)18-14(16)13-5-4-10-17-13/h4-10H,1-3H3. The van der Waals surface area contributed by atoms with E-state index in [1.807, 2.05) is 12.1 Å².